The van der Waals surface area contributed by atoms with Gasteiger partial charge in [0.25, 0.3) is 0 Å². The van der Waals surface area contributed by atoms with E-state index in [2.05, 4.69) is 26.1 Å². The van der Waals surface area contributed by atoms with E-state index in [-0.39, 0.29) is 0 Å². The second kappa shape index (κ2) is 4.43. The number of hydrogen-bond donors (Lipinski definition) is 1. The van der Waals surface area contributed by atoms with Crippen molar-refractivity contribution in [2.24, 2.45) is 11.3 Å². The lowest BCUT2D eigenvalue weighted by Crippen LogP contribution is -2.37. The van der Waals surface area contributed by atoms with Crippen molar-refractivity contribution in [1.29, 1.82) is 0 Å². The first kappa shape index (κ1) is 11.0. The Labute approximate surface area is 82.0 Å². The molecule has 2 nitrogen and oxygen atoms in total. The number of hydrogen-bond acceptors (Lipinski definition) is 2. The van der Waals surface area contributed by atoms with Crippen molar-refractivity contribution in [3.63, 3.8) is 0 Å². The van der Waals surface area contributed by atoms with E-state index in [1.54, 1.807) is 0 Å². The zero-order valence-electron chi connectivity index (χ0n) is 9.39. The van der Waals surface area contributed by atoms with Crippen molar-refractivity contribution in [2.45, 2.75) is 39.7 Å². The van der Waals surface area contributed by atoms with Gasteiger partial charge in [0.1, 0.15) is 0 Å². The molecule has 0 saturated carbocycles. The Morgan fingerprint density at radius 3 is 2.38 bits per heavy atom. The third-order valence-electron chi connectivity index (χ3n) is 3.03. The van der Waals surface area contributed by atoms with Crippen molar-refractivity contribution in [1.82, 2.24) is 5.32 Å². The van der Waals surface area contributed by atoms with Crippen molar-refractivity contribution in [2.75, 3.05) is 20.2 Å². The number of likely N-dealkylation sites (N-methyl/N-ethyl adjacent to an activating group) is 1. The van der Waals surface area contributed by atoms with Gasteiger partial charge in [0.15, 0.2) is 0 Å². The number of rotatable bonds is 2. The zero-order chi connectivity index (χ0) is 9.90. The summed E-state index contributed by atoms with van der Waals surface area (Å²) in [7, 11) is 1.99. The summed E-state index contributed by atoms with van der Waals surface area (Å²) in [5, 5.41) is 3.17. The van der Waals surface area contributed by atoms with Crippen LogP contribution in [0.4, 0.5) is 0 Å². The van der Waals surface area contributed by atoms with Crippen LogP contribution in [0.15, 0.2) is 0 Å². The quantitative estimate of drug-likeness (QED) is 0.711. The normalized spacial score (nSPS) is 30.5. The zero-order valence-corrected chi connectivity index (χ0v) is 9.39. The molecule has 2 atom stereocenters. The molecule has 0 aliphatic carbocycles. The molecule has 2 heteroatoms. The van der Waals surface area contributed by atoms with Gasteiger partial charge in [0, 0.05) is 6.54 Å². The molecular formula is C11H23NO. The average molecular weight is 185 g/mol. The highest BCUT2D eigenvalue weighted by Gasteiger charge is 2.29. The van der Waals surface area contributed by atoms with Gasteiger partial charge in [-0.15, -0.1) is 0 Å². The van der Waals surface area contributed by atoms with Gasteiger partial charge in [-0.25, -0.2) is 0 Å². The topological polar surface area (TPSA) is 21.3 Å². The Morgan fingerprint density at radius 1 is 1.31 bits per heavy atom. The number of nitrogens with one attached hydrogen (secondary N) is 1. The third kappa shape index (κ3) is 3.28. The molecule has 0 aromatic carbocycles. The largest absolute Gasteiger partial charge is 0.377 e. The summed E-state index contributed by atoms with van der Waals surface area (Å²) in [6.07, 6.45) is 2.97. The minimum atomic E-state index is 0.407. The van der Waals surface area contributed by atoms with Crippen LogP contribution >= 0.6 is 0 Å². The van der Waals surface area contributed by atoms with E-state index in [4.69, 9.17) is 4.74 Å². The molecule has 1 N–H and O–H groups in total. The minimum absolute atomic E-state index is 0.407. The summed E-state index contributed by atoms with van der Waals surface area (Å²) in [5.74, 6) is 0.737. The molecule has 1 fully saturated rings. The van der Waals surface area contributed by atoms with Gasteiger partial charge in [-0.2, -0.15) is 0 Å². The van der Waals surface area contributed by atoms with Crippen LogP contribution in [-0.2, 0) is 4.74 Å². The van der Waals surface area contributed by atoms with E-state index in [0.29, 0.717) is 11.5 Å². The second-order valence-electron chi connectivity index (χ2n) is 5.15. The van der Waals surface area contributed by atoms with Crippen LogP contribution in [0, 0.1) is 11.3 Å². The lowest BCUT2D eigenvalue weighted by atomic mass is 9.77. The van der Waals surface area contributed by atoms with E-state index >= 15 is 0 Å². The monoisotopic (exact) mass is 185 g/mol. The highest BCUT2D eigenvalue weighted by molar-refractivity contribution is 4.79. The second-order valence-corrected chi connectivity index (χ2v) is 5.15. The first-order valence-corrected chi connectivity index (χ1v) is 5.30. The summed E-state index contributed by atoms with van der Waals surface area (Å²) in [6.45, 7) is 8.85. The molecule has 1 aliphatic heterocycles. The minimum Gasteiger partial charge on any atom is -0.377 e. The van der Waals surface area contributed by atoms with E-state index in [9.17, 15) is 0 Å². The molecule has 1 rings (SSSR count). The SMILES string of the molecule is CNCC1CCC(C(C)(C)C)CO1. The van der Waals surface area contributed by atoms with Gasteiger partial charge in [0.2, 0.25) is 0 Å². The molecule has 1 heterocycles. The van der Waals surface area contributed by atoms with E-state index < -0.39 is 0 Å². The maximum atomic E-state index is 5.79. The highest BCUT2D eigenvalue weighted by atomic mass is 16.5. The molecule has 0 radical (unpaired) electrons. The predicted molar refractivity (Wildman–Crippen MR) is 55.8 cm³/mol. The van der Waals surface area contributed by atoms with Crippen LogP contribution in [0.3, 0.4) is 0 Å². The van der Waals surface area contributed by atoms with Gasteiger partial charge < -0.3 is 10.1 Å². The first-order valence-electron chi connectivity index (χ1n) is 5.30. The predicted octanol–water partition coefficient (Wildman–Crippen LogP) is 2.05. The average Bonchev–Trinajstić information content (AvgIpc) is 2.04. The van der Waals surface area contributed by atoms with Crippen LogP contribution in [0.5, 0.6) is 0 Å². The molecule has 0 amide bonds. The van der Waals surface area contributed by atoms with Gasteiger partial charge >= 0.3 is 0 Å². The van der Waals surface area contributed by atoms with Gasteiger partial charge in [-0.05, 0) is 31.2 Å². The summed E-state index contributed by atoms with van der Waals surface area (Å²) in [6, 6.07) is 0. The van der Waals surface area contributed by atoms with Gasteiger partial charge in [-0.3, -0.25) is 0 Å². The summed E-state index contributed by atoms with van der Waals surface area (Å²) in [4.78, 5) is 0. The molecule has 0 spiro atoms. The van der Waals surface area contributed by atoms with E-state index in [0.717, 1.165) is 19.1 Å². The molecule has 13 heavy (non-hydrogen) atoms. The lowest BCUT2D eigenvalue weighted by Gasteiger charge is -2.36. The molecule has 0 aromatic heterocycles. The van der Waals surface area contributed by atoms with Crippen molar-refractivity contribution in [3.05, 3.63) is 0 Å². The third-order valence-corrected chi connectivity index (χ3v) is 3.03. The van der Waals surface area contributed by atoms with Gasteiger partial charge in [0.05, 0.1) is 12.7 Å². The van der Waals surface area contributed by atoms with Crippen LogP contribution in [0.2, 0.25) is 0 Å². The summed E-state index contributed by atoms with van der Waals surface area (Å²) >= 11 is 0. The molecule has 1 aliphatic rings. The Balaban J connectivity index is 2.30. The molecule has 2 unspecified atom stereocenters. The van der Waals surface area contributed by atoms with Crippen LogP contribution < -0.4 is 5.32 Å². The van der Waals surface area contributed by atoms with Crippen molar-refractivity contribution < 1.29 is 4.74 Å². The van der Waals surface area contributed by atoms with E-state index in [1.165, 1.54) is 12.8 Å². The smallest absolute Gasteiger partial charge is 0.0699 e. The molecular weight excluding hydrogens is 162 g/mol. The van der Waals surface area contributed by atoms with Crippen molar-refractivity contribution >= 4 is 0 Å². The Hall–Kier alpha value is -0.0800. The van der Waals surface area contributed by atoms with Crippen molar-refractivity contribution in [3.8, 4) is 0 Å². The molecule has 78 valence electrons. The Kier molecular flexibility index (Phi) is 3.74. The summed E-state index contributed by atoms with van der Waals surface area (Å²) < 4.78 is 5.79. The highest BCUT2D eigenvalue weighted by Crippen LogP contribution is 2.33. The standard InChI is InChI=1S/C11H23NO/c1-11(2,3)9-5-6-10(7-12-4)13-8-9/h9-10,12H,5-8H2,1-4H3. The van der Waals surface area contributed by atoms with Crippen LogP contribution in [0.25, 0.3) is 0 Å². The van der Waals surface area contributed by atoms with Gasteiger partial charge in [-0.1, -0.05) is 20.8 Å². The van der Waals surface area contributed by atoms with E-state index in [1.807, 2.05) is 7.05 Å². The van der Waals surface area contributed by atoms with Crippen LogP contribution in [0.1, 0.15) is 33.6 Å². The fourth-order valence-electron chi connectivity index (χ4n) is 1.88. The maximum absolute atomic E-state index is 5.79. The Morgan fingerprint density at radius 2 is 2.00 bits per heavy atom. The Bertz CT molecular complexity index is 143. The molecule has 0 bridgehead atoms. The number of ether oxygens (including phenoxy) is 1. The molecule has 0 aromatic rings. The maximum Gasteiger partial charge on any atom is 0.0699 e. The summed E-state index contributed by atoms with van der Waals surface area (Å²) in [5.41, 5.74) is 0.407. The molecule has 1 saturated heterocycles. The lowest BCUT2D eigenvalue weighted by molar-refractivity contribution is -0.0438. The first-order chi connectivity index (χ1) is 6.04. The fraction of sp³-hybridized carbons (Fsp3) is 1.00. The van der Waals surface area contributed by atoms with Crippen LogP contribution in [-0.4, -0.2) is 26.3 Å². The fourth-order valence-corrected chi connectivity index (χ4v) is 1.88.